The maximum atomic E-state index is 12.2. The van der Waals surface area contributed by atoms with Crippen molar-refractivity contribution in [1.82, 2.24) is 4.98 Å². The fourth-order valence-corrected chi connectivity index (χ4v) is 4.55. The van der Waals surface area contributed by atoms with Gasteiger partial charge in [-0.05, 0) is 37.1 Å². The van der Waals surface area contributed by atoms with Crippen LogP contribution in [-0.2, 0) is 10.0 Å². The fraction of sp³-hybridized carbons (Fsp3) is 0.182. The Morgan fingerprint density at radius 1 is 1.26 bits per heavy atom. The van der Waals surface area contributed by atoms with Gasteiger partial charge in [-0.1, -0.05) is 23.2 Å². The number of thiophene rings is 1. The van der Waals surface area contributed by atoms with Gasteiger partial charge in [-0.3, -0.25) is 4.72 Å². The van der Waals surface area contributed by atoms with Crippen molar-refractivity contribution in [3.05, 3.63) is 38.9 Å². The number of sulfonamides is 1. The maximum Gasteiger partial charge on any atom is 0.271 e. The number of anilines is 1. The molecule has 8 heteroatoms. The summed E-state index contributed by atoms with van der Waals surface area (Å²) in [7, 11) is -3.70. The number of rotatable bonds is 3. The summed E-state index contributed by atoms with van der Waals surface area (Å²) in [5, 5.41) is 0.114. The van der Waals surface area contributed by atoms with Gasteiger partial charge in [0.1, 0.15) is 4.21 Å². The minimum Gasteiger partial charge on any atom is -0.276 e. The maximum absolute atomic E-state index is 12.2. The Morgan fingerprint density at radius 3 is 2.47 bits per heavy atom. The molecule has 2 rings (SSSR count). The van der Waals surface area contributed by atoms with Crippen LogP contribution in [0.3, 0.4) is 0 Å². The number of pyridine rings is 1. The van der Waals surface area contributed by atoms with Crippen molar-refractivity contribution in [2.75, 3.05) is 4.72 Å². The first-order valence-electron chi connectivity index (χ1n) is 5.21. The van der Waals surface area contributed by atoms with Crippen molar-refractivity contribution in [2.45, 2.75) is 18.1 Å². The van der Waals surface area contributed by atoms with Crippen molar-refractivity contribution in [3.8, 4) is 0 Å². The van der Waals surface area contributed by atoms with E-state index in [9.17, 15) is 8.42 Å². The molecule has 0 saturated carbocycles. The van der Waals surface area contributed by atoms with Crippen molar-refractivity contribution in [1.29, 1.82) is 0 Å². The number of aryl methyl sites for hydroxylation is 2. The molecule has 2 heterocycles. The van der Waals surface area contributed by atoms with Crippen molar-refractivity contribution >= 4 is 50.2 Å². The van der Waals surface area contributed by atoms with Gasteiger partial charge in [0, 0.05) is 6.20 Å². The summed E-state index contributed by atoms with van der Waals surface area (Å²) >= 11 is 12.8. The van der Waals surface area contributed by atoms with Crippen molar-refractivity contribution in [2.24, 2.45) is 0 Å². The highest BCUT2D eigenvalue weighted by Gasteiger charge is 2.20. The van der Waals surface area contributed by atoms with E-state index in [-0.39, 0.29) is 15.0 Å². The number of nitrogens with zero attached hydrogens (tertiary/aromatic N) is 1. The second-order valence-electron chi connectivity index (χ2n) is 3.92. The third kappa shape index (κ3) is 3.02. The molecule has 0 radical (unpaired) electrons. The van der Waals surface area contributed by atoms with Crippen LogP contribution in [0.1, 0.15) is 11.1 Å². The Balaban J connectivity index is 2.42. The van der Waals surface area contributed by atoms with Crippen molar-refractivity contribution < 1.29 is 8.42 Å². The minimum atomic E-state index is -3.70. The number of nitrogens with one attached hydrogen (secondary N) is 1. The lowest BCUT2D eigenvalue weighted by atomic mass is 10.3. The van der Waals surface area contributed by atoms with Gasteiger partial charge in [-0.2, -0.15) is 0 Å². The van der Waals surface area contributed by atoms with E-state index in [0.717, 1.165) is 16.9 Å². The second-order valence-corrected chi connectivity index (χ2v) is 7.84. The van der Waals surface area contributed by atoms with Crippen molar-refractivity contribution in [3.63, 3.8) is 0 Å². The summed E-state index contributed by atoms with van der Waals surface area (Å²) in [5.41, 5.74) is 1.70. The van der Waals surface area contributed by atoms with Crippen LogP contribution in [0.5, 0.6) is 0 Å². The minimum absolute atomic E-state index is 0.114. The summed E-state index contributed by atoms with van der Waals surface area (Å²) in [6, 6.07) is 3.20. The van der Waals surface area contributed by atoms with E-state index < -0.39 is 10.0 Å². The predicted octanol–water partition coefficient (Wildman–Crippen LogP) is 3.87. The van der Waals surface area contributed by atoms with Crippen LogP contribution in [-0.4, -0.2) is 13.4 Å². The molecule has 0 saturated heterocycles. The van der Waals surface area contributed by atoms with Crippen LogP contribution < -0.4 is 4.72 Å². The first-order chi connectivity index (χ1) is 8.81. The van der Waals surface area contributed by atoms with Crippen LogP contribution in [0, 0.1) is 13.8 Å². The molecule has 2 aromatic heterocycles. The van der Waals surface area contributed by atoms with E-state index in [1.54, 1.807) is 19.9 Å². The average molecular weight is 337 g/mol. The van der Waals surface area contributed by atoms with Crippen LogP contribution in [0.15, 0.2) is 22.5 Å². The van der Waals surface area contributed by atoms with E-state index in [1.165, 1.54) is 12.3 Å². The molecule has 0 aliphatic heterocycles. The SMILES string of the molecule is Cc1cc(S(=O)(=O)Nc2c(C)ccnc2Cl)sc1Cl. The molecule has 1 N–H and O–H groups in total. The number of hydrogen-bond acceptors (Lipinski definition) is 4. The van der Waals surface area contributed by atoms with Crippen LogP contribution in [0.25, 0.3) is 0 Å². The molecular formula is C11H10Cl2N2O2S2. The third-order valence-corrected chi connectivity index (χ3v) is 6.11. The Kier molecular flexibility index (Phi) is 4.06. The summed E-state index contributed by atoms with van der Waals surface area (Å²) in [6.07, 6.45) is 1.52. The molecule has 0 fully saturated rings. The summed E-state index contributed by atoms with van der Waals surface area (Å²) < 4.78 is 27.5. The van der Waals surface area contributed by atoms with Gasteiger partial charge >= 0.3 is 0 Å². The Labute approximate surface area is 125 Å². The summed E-state index contributed by atoms with van der Waals surface area (Å²) in [6.45, 7) is 3.50. The van der Waals surface area contributed by atoms with Crippen LogP contribution in [0.2, 0.25) is 9.49 Å². The van der Waals surface area contributed by atoms with E-state index in [4.69, 9.17) is 23.2 Å². The zero-order valence-electron chi connectivity index (χ0n) is 10.1. The molecule has 0 unspecified atom stereocenters. The molecule has 0 aliphatic rings. The zero-order valence-corrected chi connectivity index (χ0v) is 13.2. The fourth-order valence-electron chi connectivity index (χ4n) is 1.40. The largest absolute Gasteiger partial charge is 0.276 e. The first-order valence-corrected chi connectivity index (χ1v) is 8.26. The molecule has 4 nitrogen and oxygen atoms in total. The number of halogens is 2. The average Bonchev–Trinajstić information content (AvgIpc) is 2.66. The van der Waals surface area contributed by atoms with Crippen LogP contribution in [0.4, 0.5) is 5.69 Å². The molecule has 0 bridgehead atoms. The van der Waals surface area contributed by atoms with E-state index in [2.05, 4.69) is 9.71 Å². The molecule has 0 spiro atoms. The predicted molar refractivity (Wildman–Crippen MR) is 78.9 cm³/mol. The monoisotopic (exact) mass is 336 g/mol. The van der Waals surface area contributed by atoms with E-state index in [1.807, 2.05) is 0 Å². The highest BCUT2D eigenvalue weighted by molar-refractivity contribution is 7.94. The molecule has 0 atom stereocenters. The van der Waals surface area contributed by atoms with Gasteiger partial charge in [-0.25, -0.2) is 13.4 Å². The zero-order chi connectivity index (χ0) is 14.2. The number of aromatic nitrogens is 1. The Morgan fingerprint density at radius 2 is 1.95 bits per heavy atom. The molecular weight excluding hydrogens is 327 g/mol. The molecule has 0 aromatic carbocycles. The highest BCUT2D eigenvalue weighted by atomic mass is 35.5. The standard InChI is InChI=1S/C11H10Cl2N2O2S2/c1-6-3-4-14-10(12)9(6)15-19(16,17)8-5-7(2)11(13)18-8/h3-5,15H,1-2H3. The molecule has 102 valence electrons. The van der Waals surface area contributed by atoms with Gasteiger partial charge in [-0.15, -0.1) is 11.3 Å². The quantitative estimate of drug-likeness (QED) is 0.865. The molecule has 0 aliphatic carbocycles. The van der Waals surface area contributed by atoms with Gasteiger partial charge < -0.3 is 0 Å². The normalized spacial score (nSPS) is 11.6. The Hall–Kier alpha value is -0.820. The highest BCUT2D eigenvalue weighted by Crippen LogP contribution is 2.32. The first kappa shape index (κ1) is 14.6. The molecule has 2 aromatic rings. The van der Waals surface area contributed by atoms with E-state index in [0.29, 0.717) is 9.90 Å². The van der Waals surface area contributed by atoms with Crippen LogP contribution >= 0.6 is 34.5 Å². The third-order valence-electron chi connectivity index (χ3n) is 2.45. The smallest absolute Gasteiger partial charge is 0.271 e. The lowest BCUT2D eigenvalue weighted by Gasteiger charge is -2.09. The lowest BCUT2D eigenvalue weighted by molar-refractivity contribution is 0.603. The second kappa shape index (κ2) is 5.28. The Bertz CT molecular complexity index is 687. The lowest BCUT2D eigenvalue weighted by Crippen LogP contribution is -2.13. The summed E-state index contributed by atoms with van der Waals surface area (Å²) in [4.78, 5) is 3.86. The van der Waals surface area contributed by atoms with Gasteiger partial charge in [0.25, 0.3) is 10.0 Å². The van der Waals surface area contributed by atoms with Gasteiger partial charge in [0.05, 0.1) is 10.0 Å². The van der Waals surface area contributed by atoms with E-state index >= 15 is 0 Å². The van der Waals surface area contributed by atoms with Gasteiger partial charge in [0.15, 0.2) is 5.15 Å². The topological polar surface area (TPSA) is 59.1 Å². The van der Waals surface area contributed by atoms with Gasteiger partial charge in [0.2, 0.25) is 0 Å². The molecule has 19 heavy (non-hydrogen) atoms. The molecule has 0 amide bonds. The summed E-state index contributed by atoms with van der Waals surface area (Å²) in [5.74, 6) is 0. The number of hydrogen-bond donors (Lipinski definition) is 1.